The Bertz CT molecular complexity index is 899. The van der Waals surface area contributed by atoms with Crippen LogP contribution in [0.3, 0.4) is 0 Å². The Morgan fingerprint density at radius 1 is 1.32 bits per heavy atom. The molecule has 0 bridgehead atoms. The molecule has 134 valence electrons. The van der Waals surface area contributed by atoms with Gasteiger partial charge in [-0.15, -0.1) is 0 Å². The Morgan fingerprint density at radius 3 is 2.68 bits per heavy atom. The predicted molar refractivity (Wildman–Crippen MR) is 90.7 cm³/mol. The lowest BCUT2D eigenvalue weighted by atomic mass is 9.86. The van der Waals surface area contributed by atoms with Crippen molar-refractivity contribution < 1.29 is 14.6 Å². The van der Waals surface area contributed by atoms with E-state index in [1.54, 1.807) is 6.92 Å². The minimum atomic E-state index is -1.02. The van der Waals surface area contributed by atoms with Crippen molar-refractivity contribution >= 4 is 5.91 Å². The maximum atomic E-state index is 12.6. The first-order valence-corrected chi connectivity index (χ1v) is 8.15. The number of aromatic amines is 2. The SMILES string of the molecule is Cc1c(C)c2c(c(C)c1O)CC[C@@](C)(C(=O)NCc1n[nH]c(=O)[nH]1)O2. The molecule has 1 atom stereocenters. The Hall–Kier alpha value is -2.77. The predicted octanol–water partition coefficient (Wildman–Crippen LogP) is 1.13. The van der Waals surface area contributed by atoms with Crippen molar-refractivity contribution in [1.82, 2.24) is 20.5 Å². The Morgan fingerprint density at radius 2 is 2.04 bits per heavy atom. The van der Waals surface area contributed by atoms with Crippen molar-refractivity contribution in [1.29, 1.82) is 0 Å². The Labute approximate surface area is 144 Å². The summed E-state index contributed by atoms with van der Waals surface area (Å²) in [5.74, 6) is 1.04. The highest BCUT2D eigenvalue weighted by molar-refractivity contribution is 5.85. The lowest BCUT2D eigenvalue weighted by Crippen LogP contribution is -2.51. The van der Waals surface area contributed by atoms with Crippen LogP contribution in [0.5, 0.6) is 11.5 Å². The van der Waals surface area contributed by atoms with Crippen molar-refractivity contribution in [3.05, 3.63) is 38.6 Å². The van der Waals surface area contributed by atoms with E-state index in [9.17, 15) is 14.7 Å². The number of carbonyl (C=O) groups excluding carboxylic acids is 1. The number of hydrogen-bond donors (Lipinski definition) is 4. The average Bonchev–Trinajstić information content (AvgIpc) is 3.01. The van der Waals surface area contributed by atoms with E-state index in [4.69, 9.17) is 4.74 Å². The van der Waals surface area contributed by atoms with Gasteiger partial charge in [0.05, 0.1) is 6.54 Å². The first-order chi connectivity index (χ1) is 11.7. The molecule has 3 rings (SSSR count). The van der Waals surface area contributed by atoms with Gasteiger partial charge in [-0.1, -0.05) is 0 Å². The van der Waals surface area contributed by atoms with Crippen LogP contribution < -0.4 is 15.7 Å². The van der Waals surface area contributed by atoms with E-state index < -0.39 is 11.3 Å². The van der Waals surface area contributed by atoms with Crippen molar-refractivity contribution in [2.45, 2.75) is 52.7 Å². The van der Waals surface area contributed by atoms with E-state index in [1.807, 2.05) is 20.8 Å². The third kappa shape index (κ3) is 2.88. The molecule has 0 spiro atoms. The monoisotopic (exact) mass is 346 g/mol. The quantitative estimate of drug-likeness (QED) is 0.664. The Kier molecular flexibility index (Phi) is 4.06. The first-order valence-electron chi connectivity index (χ1n) is 8.15. The largest absolute Gasteiger partial charge is 0.507 e. The van der Waals surface area contributed by atoms with Crippen molar-refractivity contribution in [3.8, 4) is 11.5 Å². The highest BCUT2D eigenvalue weighted by Gasteiger charge is 2.40. The number of H-pyrrole nitrogens is 2. The second-order valence-corrected chi connectivity index (χ2v) is 6.67. The number of rotatable bonds is 3. The second kappa shape index (κ2) is 5.94. The van der Waals surface area contributed by atoms with Crippen molar-refractivity contribution in [2.75, 3.05) is 0 Å². The summed E-state index contributed by atoms with van der Waals surface area (Å²) in [5, 5.41) is 19.0. The molecular weight excluding hydrogens is 324 g/mol. The van der Waals surface area contributed by atoms with Gasteiger partial charge < -0.3 is 15.2 Å². The topological polar surface area (TPSA) is 120 Å². The fourth-order valence-corrected chi connectivity index (χ4v) is 3.15. The van der Waals surface area contributed by atoms with Crippen molar-refractivity contribution in [2.24, 2.45) is 0 Å². The summed E-state index contributed by atoms with van der Waals surface area (Å²) in [5.41, 5.74) is 1.91. The molecule has 1 aliphatic heterocycles. The number of carbonyl (C=O) groups is 1. The number of hydrogen-bond acceptors (Lipinski definition) is 5. The summed E-state index contributed by atoms with van der Waals surface area (Å²) in [6, 6.07) is 0. The number of ether oxygens (including phenoxy) is 1. The maximum Gasteiger partial charge on any atom is 0.340 e. The van der Waals surface area contributed by atoms with Gasteiger partial charge in [-0.05, 0) is 50.8 Å². The summed E-state index contributed by atoms with van der Waals surface area (Å²) in [4.78, 5) is 26.2. The molecule has 4 N–H and O–H groups in total. The van der Waals surface area contributed by atoms with Crippen molar-refractivity contribution in [3.63, 3.8) is 0 Å². The molecule has 0 fully saturated rings. The van der Waals surface area contributed by atoms with Crippen LogP contribution in [0, 0.1) is 20.8 Å². The number of aromatic nitrogens is 3. The summed E-state index contributed by atoms with van der Waals surface area (Å²) >= 11 is 0. The lowest BCUT2D eigenvalue weighted by molar-refractivity contribution is -0.137. The number of phenols is 1. The summed E-state index contributed by atoms with van der Waals surface area (Å²) in [6.07, 6.45) is 1.13. The molecule has 25 heavy (non-hydrogen) atoms. The summed E-state index contributed by atoms with van der Waals surface area (Å²) in [6.45, 7) is 7.43. The third-order valence-electron chi connectivity index (χ3n) is 4.97. The zero-order valence-electron chi connectivity index (χ0n) is 14.7. The second-order valence-electron chi connectivity index (χ2n) is 6.67. The molecule has 2 aromatic rings. The van der Waals surface area contributed by atoms with Gasteiger partial charge in [0, 0.05) is 12.0 Å². The standard InChI is InChI=1S/C17H22N4O4/c1-8-9(2)14-11(10(3)13(8)22)5-6-17(4,25-14)15(23)18-7-12-19-16(24)21-20-12/h22H,5-7H2,1-4H3,(H,18,23)(H2,19,20,21,24)/t17-/m0/s1. The number of fused-ring (bicyclic) bond motifs is 1. The minimum absolute atomic E-state index is 0.107. The van der Waals surface area contributed by atoms with Crippen LogP contribution >= 0.6 is 0 Å². The van der Waals surface area contributed by atoms with Crippen LogP contribution in [-0.4, -0.2) is 31.8 Å². The molecule has 0 radical (unpaired) electrons. The fraction of sp³-hybridized carbons (Fsp3) is 0.471. The normalized spacial score (nSPS) is 19.2. The molecule has 1 aromatic carbocycles. The average molecular weight is 346 g/mol. The third-order valence-corrected chi connectivity index (χ3v) is 4.97. The molecule has 8 nitrogen and oxygen atoms in total. The van der Waals surface area contributed by atoms with E-state index in [0.29, 0.717) is 24.4 Å². The van der Waals surface area contributed by atoms with Gasteiger partial charge in [0.2, 0.25) is 0 Å². The minimum Gasteiger partial charge on any atom is -0.507 e. The number of phenolic OH excluding ortho intramolecular Hbond substituents is 1. The van der Waals surface area contributed by atoms with Crippen LogP contribution in [0.1, 0.15) is 41.4 Å². The smallest absolute Gasteiger partial charge is 0.340 e. The lowest BCUT2D eigenvalue weighted by Gasteiger charge is -2.36. The number of amides is 1. The number of nitrogens with zero attached hydrogens (tertiary/aromatic N) is 1. The van der Waals surface area contributed by atoms with E-state index >= 15 is 0 Å². The molecule has 1 aliphatic rings. The molecular formula is C17H22N4O4. The Balaban J connectivity index is 1.82. The van der Waals surface area contributed by atoms with E-state index in [0.717, 1.165) is 22.3 Å². The van der Waals surface area contributed by atoms with Crippen LogP contribution in [0.15, 0.2) is 4.79 Å². The van der Waals surface area contributed by atoms with Crippen LogP contribution in [0.25, 0.3) is 0 Å². The summed E-state index contributed by atoms with van der Waals surface area (Å²) < 4.78 is 6.10. The molecule has 0 saturated heterocycles. The van der Waals surface area contributed by atoms with E-state index in [-0.39, 0.29) is 18.2 Å². The van der Waals surface area contributed by atoms with Gasteiger partial charge in [-0.25, -0.2) is 9.89 Å². The molecule has 1 aromatic heterocycles. The molecule has 1 amide bonds. The van der Waals surface area contributed by atoms with Crippen LogP contribution in [0.2, 0.25) is 0 Å². The molecule has 0 saturated carbocycles. The van der Waals surface area contributed by atoms with Gasteiger partial charge in [0.15, 0.2) is 5.60 Å². The zero-order valence-corrected chi connectivity index (χ0v) is 14.7. The molecule has 8 heteroatoms. The zero-order chi connectivity index (χ0) is 18.4. The number of benzene rings is 1. The highest BCUT2D eigenvalue weighted by atomic mass is 16.5. The maximum absolute atomic E-state index is 12.6. The van der Waals surface area contributed by atoms with E-state index in [2.05, 4.69) is 20.5 Å². The van der Waals surface area contributed by atoms with Gasteiger partial charge in [0.1, 0.15) is 17.3 Å². The van der Waals surface area contributed by atoms with Gasteiger partial charge >= 0.3 is 5.69 Å². The number of aromatic hydroxyl groups is 1. The molecule has 2 heterocycles. The van der Waals surface area contributed by atoms with Gasteiger partial charge in [-0.3, -0.25) is 9.78 Å². The molecule has 0 aliphatic carbocycles. The van der Waals surface area contributed by atoms with Gasteiger partial charge in [-0.2, -0.15) is 5.10 Å². The number of nitrogens with one attached hydrogen (secondary N) is 3. The van der Waals surface area contributed by atoms with Crippen LogP contribution in [0.4, 0.5) is 0 Å². The first kappa shape index (κ1) is 17.1. The van der Waals surface area contributed by atoms with E-state index in [1.165, 1.54) is 0 Å². The van der Waals surface area contributed by atoms with Crippen LogP contribution in [-0.2, 0) is 17.8 Å². The highest BCUT2D eigenvalue weighted by Crippen LogP contribution is 2.43. The van der Waals surface area contributed by atoms with Gasteiger partial charge in [0.25, 0.3) is 5.91 Å². The summed E-state index contributed by atoms with van der Waals surface area (Å²) in [7, 11) is 0. The molecule has 0 unspecified atom stereocenters. The fourth-order valence-electron chi connectivity index (χ4n) is 3.15.